The molecule has 1 fully saturated rings. The van der Waals surface area contributed by atoms with Crippen molar-refractivity contribution < 1.29 is 23.1 Å². The molecule has 1 unspecified atom stereocenters. The number of likely N-dealkylation sites (N-methyl/N-ethyl adjacent to an activating group) is 1. The molecule has 1 aromatic heterocycles. The van der Waals surface area contributed by atoms with Crippen molar-refractivity contribution in [3.63, 3.8) is 0 Å². The van der Waals surface area contributed by atoms with Gasteiger partial charge < -0.3 is 9.84 Å². The van der Waals surface area contributed by atoms with Gasteiger partial charge in [0.1, 0.15) is 9.09 Å². The molecule has 1 aliphatic rings. The summed E-state index contributed by atoms with van der Waals surface area (Å²) in [6.45, 7) is 2.53. The number of hydrogen-bond acceptors (Lipinski definition) is 5. The lowest BCUT2D eigenvalue weighted by Gasteiger charge is -2.21. The fourth-order valence-electron chi connectivity index (χ4n) is 1.94. The van der Waals surface area contributed by atoms with Gasteiger partial charge in [0.15, 0.2) is 0 Å². The molecule has 0 spiro atoms. The molecule has 19 heavy (non-hydrogen) atoms. The van der Waals surface area contributed by atoms with E-state index in [0.717, 1.165) is 11.3 Å². The quantitative estimate of drug-likeness (QED) is 0.902. The molecule has 1 N–H and O–H groups in total. The van der Waals surface area contributed by atoms with Gasteiger partial charge in [-0.25, -0.2) is 13.2 Å². The van der Waals surface area contributed by atoms with Crippen molar-refractivity contribution in [1.29, 1.82) is 0 Å². The van der Waals surface area contributed by atoms with Gasteiger partial charge in [0.2, 0.25) is 0 Å². The zero-order valence-electron chi connectivity index (χ0n) is 10.6. The summed E-state index contributed by atoms with van der Waals surface area (Å²) in [6.07, 6.45) is 0.659. The Hall–Kier alpha value is -0.960. The first kappa shape index (κ1) is 14.4. The molecule has 0 aliphatic carbocycles. The number of sulfonamides is 1. The van der Waals surface area contributed by atoms with E-state index >= 15 is 0 Å². The number of ether oxygens (including phenoxy) is 1. The molecule has 1 atom stereocenters. The number of hydrogen-bond donors (Lipinski definition) is 1. The van der Waals surface area contributed by atoms with E-state index in [0.29, 0.717) is 25.2 Å². The molecule has 106 valence electrons. The Kier molecular flexibility index (Phi) is 3.95. The van der Waals surface area contributed by atoms with Crippen LogP contribution in [0.3, 0.4) is 0 Å². The van der Waals surface area contributed by atoms with Gasteiger partial charge in [-0.2, -0.15) is 4.31 Å². The fourth-order valence-corrected chi connectivity index (χ4v) is 4.88. The minimum Gasteiger partial charge on any atom is -0.477 e. The molecule has 8 heteroatoms. The molecular weight excluding hydrogens is 290 g/mol. The van der Waals surface area contributed by atoms with Crippen LogP contribution in [0, 0.1) is 6.92 Å². The zero-order chi connectivity index (χ0) is 14.2. The van der Waals surface area contributed by atoms with Crippen LogP contribution in [0.4, 0.5) is 0 Å². The Balaban J connectivity index is 2.33. The predicted octanol–water partition coefficient (Wildman–Crippen LogP) is 1.16. The van der Waals surface area contributed by atoms with Crippen LogP contribution in [0.2, 0.25) is 0 Å². The number of carbonyl (C=O) groups is 1. The van der Waals surface area contributed by atoms with Crippen LogP contribution in [0.15, 0.2) is 10.3 Å². The predicted molar refractivity (Wildman–Crippen MR) is 70.2 cm³/mol. The van der Waals surface area contributed by atoms with Gasteiger partial charge in [0.25, 0.3) is 10.0 Å². The minimum atomic E-state index is -3.65. The van der Waals surface area contributed by atoms with Gasteiger partial charge in [-0.15, -0.1) is 11.3 Å². The summed E-state index contributed by atoms with van der Waals surface area (Å²) < 4.78 is 31.3. The average Bonchev–Trinajstić information content (AvgIpc) is 2.96. The molecule has 0 saturated carbocycles. The van der Waals surface area contributed by atoms with E-state index < -0.39 is 16.0 Å². The number of nitrogens with zero attached hydrogens (tertiary/aromatic N) is 1. The van der Waals surface area contributed by atoms with E-state index in [1.165, 1.54) is 17.4 Å². The highest BCUT2D eigenvalue weighted by atomic mass is 32.2. The molecule has 1 aliphatic heterocycles. The van der Waals surface area contributed by atoms with E-state index in [1.807, 2.05) is 0 Å². The molecule has 0 bridgehead atoms. The Morgan fingerprint density at radius 3 is 2.74 bits per heavy atom. The molecule has 0 aromatic carbocycles. The second-order valence-corrected chi connectivity index (χ2v) is 7.70. The maximum Gasteiger partial charge on any atom is 0.346 e. The smallest absolute Gasteiger partial charge is 0.346 e. The van der Waals surface area contributed by atoms with Gasteiger partial charge in [-0.05, 0) is 25.0 Å². The SMILES string of the molecule is Cc1cc(S(=O)(=O)N(C)C2CCOC2)sc1C(=O)O. The van der Waals surface area contributed by atoms with E-state index in [-0.39, 0.29) is 15.1 Å². The van der Waals surface area contributed by atoms with E-state index in [2.05, 4.69) is 0 Å². The lowest BCUT2D eigenvalue weighted by atomic mass is 10.3. The Bertz CT molecular complexity index is 586. The summed E-state index contributed by atoms with van der Waals surface area (Å²) in [5.74, 6) is -1.10. The summed E-state index contributed by atoms with van der Waals surface area (Å²) >= 11 is 0.792. The first-order valence-electron chi connectivity index (χ1n) is 5.73. The van der Waals surface area contributed by atoms with Crippen LogP contribution in [-0.2, 0) is 14.8 Å². The second-order valence-electron chi connectivity index (χ2n) is 4.42. The Morgan fingerprint density at radius 1 is 1.58 bits per heavy atom. The summed E-state index contributed by atoms with van der Waals surface area (Å²) in [4.78, 5) is 11.0. The Morgan fingerprint density at radius 2 is 2.26 bits per heavy atom. The molecular formula is C11H15NO5S2. The molecule has 0 radical (unpaired) electrons. The molecule has 1 saturated heterocycles. The summed E-state index contributed by atoms with van der Waals surface area (Å²) in [5.41, 5.74) is 0.465. The number of carboxylic acids is 1. The molecule has 0 amide bonds. The largest absolute Gasteiger partial charge is 0.477 e. The van der Waals surface area contributed by atoms with Crippen LogP contribution >= 0.6 is 11.3 Å². The van der Waals surface area contributed by atoms with Gasteiger partial charge in [-0.1, -0.05) is 0 Å². The monoisotopic (exact) mass is 305 g/mol. The highest BCUT2D eigenvalue weighted by Crippen LogP contribution is 2.29. The van der Waals surface area contributed by atoms with E-state index in [1.54, 1.807) is 6.92 Å². The van der Waals surface area contributed by atoms with Crippen molar-refractivity contribution in [2.45, 2.75) is 23.6 Å². The molecule has 6 nitrogen and oxygen atoms in total. The van der Waals surface area contributed by atoms with Gasteiger partial charge in [0, 0.05) is 13.7 Å². The molecule has 2 heterocycles. The summed E-state index contributed by atoms with van der Waals surface area (Å²) in [5, 5.41) is 8.98. The maximum atomic E-state index is 12.4. The number of carboxylic acid groups (broad SMARTS) is 1. The van der Waals surface area contributed by atoms with Gasteiger partial charge in [-0.3, -0.25) is 0 Å². The highest BCUT2D eigenvalue weighted by molar-refractivity contribution is 7.91. The van der Waals surface area contributed by atoms with Crippen molar-refractivity contribution in [3.05, 3.63) is 16.5 Å². The van der Waals surface area contributed by atoms with Crippen LogP contribution in [0.1, 0.15) is 21.7 Å². The van der Waals surface area contributed by atoms with Crippen LogP contribution < -0.4 is 0 Å². The third-order valence-corrected chi connectivity index (χ3v) is 6.73. The lowest BCUT2D eigenvalue weighted by Crippen LogP contribution is -2.36. The topological polar surface area (TPSA) is 83.9 Å². The first-order chi connectivity index (χ1) is 8.84. The third kappa shape index (κ3) is 2.66. The second kappa shape index (κ2) is 5.20. The van der Waals surface area contributed by atoms with Gasteiger partial charge in [0.05, 0.1) is 12.6 Å². The third-order valence-electron chi connectivity index (χ3n) is 3.14. The van der Waals surface area contributed by atoms with Crippen molar-refractivity contribution >= 4 is 27.3 Å². The summed E-state index contributed by atoms with van der Waals surface area (Å²) in [7, 11) is -2.14. The van der Waals surface area contributed by atoms with E-state index in [9.17, 15) is 13.2 Å². The van der Waals surface area contributed by atoms with Crippen LogP contribution in [0.5, 0.6) is 0 Å². The van der Waals surface area contributed by atoms with Crippen molar-refractivity contribution in [2.75, 3.05) is 20.3 Å². The normalized spacial score (nSPS) is 20.1. The van der Waals surface area contributed by atoms with E-state index in [4.69, 9.17) is 9.84 Å². The fraction of sp³-hybridized carbons (Fsp3) is 0.545. The standard InChI is InChI=1S/C11H15NO5S2/c1-7-5-9(18-10(7)11(13)14)19(15,16)12(2)8-3-4-17-6-8/h5,8H,3-4,6H2,1-2H3,(H,13,14). The van der Waals surface area contributed by atoms with Crippen molar-refractivity contribution in [1.82, 2.24) is 4.31 Å². The Labute approximate surface area is 115 Å². The number of thiophene rings is 1. The molecule has 2 rings (SSSR count). The van der Waals surface area contributed by atoms with Crippen molar-refractivity contribution in [2.24, 2.45) is 0 Å². The number of aryl methyl sites for hydroxylation is 1. The van der Waals surface area contributed by atoms with Gasteiger partial charge >= 0.3 is 5.97 Å². The number of aromatic carboxylic acids is 1. The zero-order valence-corrected chi connectivity index (χ0v) is 12.3. The minimum absolute atomic E-state index is 0.0645. The van der Waals surface area contributed by atoms with Crippen LogP contribution in [0.25, 0.3) is 0 Å². The number of rotatable bonds is 4. The lowest BCUT2D eigenvalue weighted by molar-refractivity contribution is 0.0701. The summed E-state index contributed by atoms with van der Waals surface area (Å²) in [6, 6.07) is 1.23. The molecule has 1 aromatic rings. The van der Waals surface area contributed by atoms with Crippen LogP contribution in [-0.4, -0.2) is 50.1 Å². The maximum absolute atomic E-state index is 12.4. The van der Waals surface area contributed by atoms with Crippen molar-refractivity contribution in [3.8, 4) is 0 Å². The average molecular weight is 305 g/mol. The first-order valence-corrected chi connectivity index (χ1v) is 7.99. The highest BCUT2D eigenvalue weighted by Gasteiger charge is 2.32.